The van der Waals surface area contributed by atoms with E-state index in [9.17, 15) is 4.79 Å². The summed E-state index contributed by atoms with van der Waals surface area (Å²) in [6, 6.07) is 8.20. The van der Waals surface area contributed by atoms with Crippen LogP contribution in [0.15, 0.2) is 34.6 Å². The van der Waals surface area contributed by atoms with E-state index in [4.69, 9.17) is 14.5 Å². The lowest BCUT2D eigenvalue weighted by Crippen LogP contribution is -3.14. The molecule has 1 aliphatic rings. The van der Waals surface area contributed by atoms with E-state index < -0.39 is 0 Å². The van der Waals surface area contributed by atoms with Crippen LogP contribution in [0.2, 0.25) is 0 Å². The van der Waals surface area contributed by atoms with E-state index in [0.29, 0.717) is 6.61 Å². The predicted octanol–water partition coefficient (Wildman–Crippen LogP) is 1.50. The van der Waals surface area contributed by atoms with E-state index in [1.807, 2.05) is 24.4 Å². The van der Waals surface area contributed by atoms with Crippen LogP contribution in [0.25, 0.3) is 0 Å². The Morgan fingerprint density at radius 2 is 2.04 bits per heavy atom. The number of hydrogen-bond donors (Lipinski definition) is 1. The Hall–Kier alpha value is -1.96. The van der Waals surface area contributed by atoms with Crippen LogP contribution in [0.1, 0.15) is 24.6 Å². The molecule has 1 fully saturated rings. The third-order valence-electron chi connectivity index (χ3n) is 4.88. The number of nitrogens with zero attached hydrogens (tertiary/aromatic N) is 2. The van der Waals surface area contributed by atoms with Crippen LogP contribution in [0.3, 0.4) is 0 Å². The number of quaternary nitrogens is 1. The molecule has 2 heterocycles. The van der Waals surface area contributed by atoms with Gasteiger partial charge in [0.05, 0.1) is 38.5 Å². The second-order valence-electron chi connectivity index (χ2n) is 7.06. The van der Waals surface area contributed by atoms with Crippen molar-refractivity contribution in [3.63, 3.8) is 0 Å². The zero-order chi connectivity index (χ0) is 19.8. The Labute approximate surface area is 170 Å². The molecule has 0 bridgehead atoms. The van der Waals surface area contributed by atoms with Gasteiger partial charge in [-0.1, -0.05) is 17.7 Å². The molecule has 0 unspecified atom stereocenters. The Morgan fingerprint density at radius 3 is 2.75 bits per heavy atom. The lowest BCUT2D eigenvalue weighted by molar-refractivity contribution is -0.908. The average molecular weight is 405 g/mol. The van der Waals surface area contributed by atoms with Crippen LogP contribution < -0.4 is 9.70 Å². The molecule has 0 spiro atoms. The molecule has 1 aliphatic heterocycles. The van der Waals surface area contributed by atoms with Crippen molar-refractivity contribution in [3.8, 4) is 0 Å². The van der Waals surface area contributed by atoms with Crippen molar-refractivity contribution >= 4 is 23.0 Å². The third-order valence-corrected chi connectivity index (χ3v) is 5.79. The molecule has 1 aromatic heterocycles. The molecule has 0 amide bonds. The molecule has 0 saturated carbocycles. The first-order valence-corrected chi connectivity index (χ1v) is 10.9. The van der Waals surface area contributed by atoms with Gasteiger partial charge < -0.3 is 18.9 Å². The SMILES string of the molecule is CCOC(=O)Cc1csc(=Nc2ccc(C)cc2)n1CCC[NH+]1CCOCC1. The number of aryl methyl sites for hydroxylation is 1. The Balaban J connectivity index is 1.77. The summed E-state index contributed by atoms with van der Waals surface area (Å²) in [6.07, 6.45) is 1.33. The first-order chi connectivity index (χ1) is 13.7. The van der Waals surface area contributed by atoms with Crippen LogP contribution in [0.4, 0.5) is 5.69 Å². The summed E-state index contributed by atoms with van der Waals surface area (Å²) < 4.78 is 12.8. The lowest BCUT2D eigenvalue weighted by atomic mass is 10.2. The molecule has 6 nitrogen and oxygen atoms in total. The van der Waals surface area contributed by atoms with Gasteiger partial charge in [0.15, 0.2) is 4.80 Å². The Morgan fingerprint density at radius 1 is 1.29 bits per heavy atom. The van der Waals surface area contributed by atoms with Crippen molar-refractivity contribution in [2.45, 2.75) is 33.2 Å². The van der Waals surface area contributed by atoms with Gasteiger partial charge in [-0.2, -0.15) is 0 Å². The molecule has 152 valence electrons. The van der Waals surface area contributed by atoms with E-state index in [-0.39, 0.29) is 12.4 Å². The second kappa shape index (κ2) is 10.5. The fourth-order valence-corrected chi connectivity index (χ4v) is 4.27. The summed E-state index contributed by atoms with van der Waals surface area (Å²) in [7, 11) is 0. The van der Waals surface area contributed by atoms with Crippen molar-refractivity contribution in [1.29, 1.82) is 0 Å². The summed E-state index contributed by atoms with van der Waals surface area (Å²) >= 11 is 1.58. The van der Waals surface area contributed by atoms with Gasteiger partial charge in [-0.15, -0.1) is 11.3 Å². The van der Waals surface area contributed by atoms with Crippen LogP contribution in [-0.2, 0) is 27.2 Å². The molecule has 2 aromatic rings. The number of hydrogen-bond acceptors (Lipinski definition) is 5. The van der Waals surface area contributed by atoms with Crippen molar-refractivity contribution in [2.75, 3.05) is 39.5 Å². The molecule has 7 heteroatoms. The van der Waals surface area contributed by atoms with Crippen LogP contribution in [0, 0.1) is 6.92 Å². The summed E-state index contributed by atoms with van der Waals surface area (Å²) in [5.41, 5.74) is 3.13. The second-order valence-corrected chi connectivity index (χ2v) is 7.89. The zero-order valence-corrected chi connectivity index (χ0v) is 17.6. The van der Waals surface area contributed by atoms with Gasteiger partial charge >= 0.3 is 5.97 Å². The van der Waals surface area contributed by atoms with E-state index in [0.717, 1.165) is 62.0 Å². The highest BCUT2D eigenvalue weighted by molar-refractivity contribution is 7.07. The van der Waals surface area contributed by atoms with E-state index in [1.165, 1.54) is 5.56 Å². The summed E-state index contributed by atoms with van der Waals surface area (Å²) in [5, 5.41) is 2.03. The maximum Gasteiger partial charge on any atom is 0.311 e. The highest BCUT2D eigenvalue weighted by atomic mass is 32.1. The molecule has 1 aromatic carbocycles. The fourth-order valence-electron chi connectivity index (χ4n) is 3.32. The molecular weight excluding hydrogens is 374 g/mol. The number of ether oxygens (including phenoxy) is 2. The number of rotatable bonds is 8. The number of nitrogens with one attached hydrogen (secondary N) is 1. The van der Waals surface area contributed by atoms with Crippen molar-refractivity contribution in [1.82, 2.24) is 4.57 Å². The smallest absolute Gasteiger partial charge is 0.311 e. The number of benzene rings is 1. The average Bonchev–Trinajstić information content (AvgIpc) is 3.06. The largest absolute Gasteiger partial charge is 0.466 e. The number of aromatic nitrogens is 1. The number of morpholine rings is 1. The monoisotopic (exact) mass is 404 g/mol. The van der Waals surface area contributed by atoms with Gasteiger partial charge in [0.25, 0.3) is 0 Å². The van der Waals surface area contributed by atoms with Crippen LogP contribution >= 0.6 is 11.3 Å². The maximum absolute atomic E-state index is 12.0. The van der Waals surface area contributed by atoms with E-state index in [2.05, 4.69) is 23.6 Å². The normalized spacial score (nSPS) is 15.7. The predicted molar refractivity (Wildman–Crippen MR) is 110 cm³/mol. The third kappa shape index (κ3) is 6.02. The Kier molecular flexibility index (Phi) is 7.82. The minimum absolute atomic E-state index is 0.185. The van der Waals surface area contributed by atoms with Crippen molar-refractivity contribution < 1.29 is 19.2 Å². The van der Waals surface area contributed by atoms with E-state index >= 15 is 0 Å². The standard InChI is InChI=1S/C21H29N3O3S/c1-3-27-20(25)15-19-16-28-21(22-18-7-5-17(2)6-8-18)24(19)10-4-9-23-11-13-26-14-12-23/h5-8,16H,3-4,9-15H2,1-2H3/p+1. The minimum Gasteiger partial charge on any atom is -0.466 e. The molecule has 28 heavy (non-hydrogen) atoms. The molecule has 1 saturated heterocycles. The molecule has 0 radical (unpaired) electrons. The number of carbonyl (C=O) groups is 1. The van der Waals surface area contributed by atoms with Crippen LogP contribution in [-0.4, -0.2) is 50.0 Å². The molecule has 1 N–H and O–H groups in total. The van der Waals surface area contributed by atoms with Gasteiger partial charge in [-0.3, -0.25) is 4.79 Å². The quantitative estimate of drug-likeness (QED) is 0.679. The summed E-state index contributed by atoms with van der Waals surface area (Å²) in [5.74, 6) is -0.185. The maximum atomic E-state index is 12.0. The topological polar surface area (TPSA) is 57.3 Å². The van der Waals surface area contributed by atoms with Gasteiger partial charge in [-0.05, 0) is 26.0 Å². The Bertz CT molecular complexity index is 820. The first-order valence-electron chi connectivity index (χ1n) is 10.0. The van der Waals surface area contributed by atoms with Gasteiger partial charge in [-0.25, -0.2) is 4.99 Å². The zero-order valence-electron chi connectivity index (χ0n) is 16.8. The molecular formula is C21H30N3O3S+. The molecule has 0 atom stereocenters. The fraction of sp³-hybridized carbons (Fsp3) is 0.524. The number of esters is 1. The molecule has 3 rings (SSSR count). The first kappa shape index (κ1) is 20.8. The van der Waals surface area contributed by atoms with Gasteiger partial charge in [0, 0.05) is 24.0 Å². The minimum atomic E-state index is -0.185. The molecule has 0 aliphatic carbocycles. The highest BCUT2D eigenvalue weighted by Crippen LogP contribution is 2.13. The van der Waals surface area contributed by atoms with Gasteiger partial charge in [0.1, 0.15) is 13.1 Å². The van der Waals surface area contributed by atoms with Crippen molar-refractivity contribution in [3.05, 3.63) is 45.7 Å². The number of carbonyl (C=O) groups excluding carboxylic acids is 1. The lowest BCUT2D eigenvalue weighted by Gasteiger charge is -2.23. The van der Waals surface area contributed by atoms with Gasteiger partial charge in [0.2, 0.25) is 0 Å². The van der Waals surface area contributed by atoms with E-state index in [1.54, 1.807) is 16.2 Å². The van der Waals surface area contributed by atoms with Crippen molar-refractivity contribution in [2.24, 2.45) is 4.99 Å². The van der Waals surface area contributed by atoms with Crippen LogP contribution in [0.5, 0.6) is 0 Å². The summed E-state index contributed by atoms with van der Waals surface area (Å²) in [4.78, 5) is 19.4. The highest BCUT2D eigenvalue weighted by Gasteiger charge is 2.15. The summed E-state index contributed by atoms with van der Waals surface area (Å²) in [6.45, 7) is 10.1. The number of thiazole rings is 1.